The molecule has 8 heteroatoms. The van der Waals surface area contributed by atoms with Gasteiger partial charge in [0.1, 0.15) is 42.0 Å². The number of nitriles is 1. The van der Waals surface area contributed by atoms with Gasteiger partial charge in [0.2, 0.25) is 0 Å². The van der Waals surface area contributed by atoms with E-state index in [0.29, 0.717) is 29.7 Å². The summed E-state index contributed by atoms with van der Waals surface area (Å²) in [6.07, 6.45) is 13.7. The van der Waals surface area contributed by atoms with E-state index in [0.717, 1.165) is 6.20 Å². The molecule has 0 fully saturated rings. The molecule has 0 saturated carbocycles. The van der Waals surface area contributed by atoms with Crippen molar-refractivity contribution in [2.24, 2.45) is 4.99 Å². The van der Waals surface area contributed by atoms with E-state index in [2.05, 4.69) is 9.98 Å². The third-order valence-electron chi connectivity index (χ3n) is 5.08. The van der Waals surface area contributed by atoms with Crippen LogP contribution in [0.15, 0.2) is 82.2 Å². The lowest BCUT2D eigenvalue weighted by molar-refractivity contribution is -0.104. The molecular formula is C27H28F2N4O2. The topological polar surface area (TPSA) is 78.6 Å². The number of hydrogen-bond donors (Lipinski definition) is 0. The summed E-state index contributed by atoms with van der Waals surface area (Å²) in [4.78, 5) is 22.1. The van der Waals surface area contributed by atoms with E-state index < -0.39 is 11.6 Å². The minimum atomic E-state index is -0.678. The maximum Gasteiger partial charge on any atom is 0.150 e. The largest absolute Gasteiger partial charge is 0.485 e. The smallest absolute Gasteiger partial charge is 0.150 e. The first kappa shape index (κ1) is 27.1. The zero-order chi connectivity index (χ0) is 25.8. The Bertz CT molecular complexity index is 1200. The average Bonchev–Trinajstić information content (AvgIpc) is 2.85. The SMILES string of the molecule is CC=N/C=C\C=C\N(C)C1=C(/C=C(C=O)/C(CC)=C(C#N)/C(F)=C\CC)c2ncc(F)cc2OC1. The normalized spacial score (nSPS) is 15.3. The highest BCUT2D eigenvalue weighted by Gasteiger charge is 2.24. The lowest BCUT2D eigenvalue weighted by Gasteiger charge is -2.27. The fourth-order valence-corrected chi connectivity index (χ4v) is 3.41. The molecule has 182 valence electrons. The number of carbonyl (C=O) groups is 1. The molecular weight excluding hydrogens is 450 g/mol. The van der Waals surface area contributed by atoms with Gasteiger partial charge in [-0.3, -0.25) is 9.79 Å². The number of likely N-dealkylation sites (N-methyl/N-ethyl adjacent to an activating group) is 1. The van der Waals surface area contributed by atoms with Gasteiger partial charge in [0, 0.05) is 42.9 Å². The van der Waals surface area contributed by atoms with Crippen LogP contribution in [-0.2, 0) is 4.79 Å². The summed E-state index contributed by atoms with van der Waals surface area (Å²) < 4.78 is 34.1. The van der Waals surface area contributed by atoms with E-state index in [9.17, 15) is 18.8 Å². The molecule has 2 rings (SSSR count). The van der Waals surface area contributed by atoms with E-state index >= 15 is 0 Å². The zero-order valence-corrected chi connectivity index (χ0v) is 20.3. The Morgan fingerprint density at radius 3 is 2.77 bits per heavy atom. The summed E-state index contributed by atoms with van der Waals surface area (Å²) in [6, 6.07) is 3.10. The van der Waals surface area contributed by atoms with Gasteiger partial charge in [-0.25, -0.2) is 13.8 Å². The molecule has 2 heterocycles. The highest BCUT2D eigenvalue weighted by molar-refractivity contribution is 5.90. The van der Waals surface area contributed by atoms with Crippen LogP contribution in [0, 0.1) is 17.1 Å². The molecule has 6 nitrogen and oxygen atoms in total. The number of pyridine rings is 1. The number of aromatic nitrogens is 1. The molecule has 0 spiro atoms. The number of aliphatic imine (C=N–C) groups is 1. The highest BCUT2D eigenvalue weighted by atomic mass is 19.1. The molecule has 1 aliphatic heterocycles. The lowest BCUT2D eigenvalue weighted by Crippen LogP contribution is -2.23. The maximum atomic E-state index is 14.6. The van der Waals surface area contributed by atoms with Crippen LogP contribution in [0.2, 0.25) is 0 Å². The second-order valence-corrected chi connectivity index (χ2v) is 7.35. The summed E-state index contributed by atoms with van der Waals surface area (Å²) in [5, 5.41) is 9.61. The van der Waals surface area contributed by atoms with Crippen molar-refractivity contribution in [2.75, 3.05) is 13.7 Å². The number of rotatable bonds is 10. The van der Waals surface area contributed by atoms with Gasteiger partial charge in [-0.1, -0.05) is 13.8 Å². The number of fused-ring (bicyclic) bond motifs is 1. The minimum absolute atomic E-state index is 0.0775. The number of carbonyl (C=O) groups excluding carboxylic acids is 1. The van der Waals surface area contributed by atoms with Crippen LogP contribution in [0.4, 0.5) is 8.78 Å². The van der Waals surface area contributed by atoms with E-state index in [1.807, 2.05) is 13.0 Å². The first-order valence-electron chi connectivity index (χ1n) is 11.1. The molecule has 1 aliphatic rings. The van der Waals surface area contributed by atoms with E-state index in [4.69, 9.17) is 4.74 Å². The van der Waals surface area contributed by atoms with Gasteiger partial charge in [-0.15, -0.1) is 0 Å². The Kier molecular flexibility index (Phi) is 10.5. The van der Waals surface area contributed by atoms with E-state index in [-0.39, 0.29) is 35.5 Å². The van der Waals surface area contributed by atoms with Crippen molar-refractivity contribution >= 4 is 18.1 Å². The third kappa shape index (κ3) is 6.93. The number of hydrogen-bond acceptors (Lipinski definition) is 6. The van der Waals surface area contributed by atoms with E-state index in [1.54, 1.807) is 62.6 Å². The molecule has 0 amide bonds. The predicted octanol–water partition coefficient (Wildman–Crippen LogP) is 5.99. The summed E-state index contributed by atoms with van der Waals surface area (Å²) in [6.45, 7) is 5.38. The van der Waals surface area contributed by atoms with Crippen molar-refractivity contribution in [3.05, 3.63) is 88.7 Å². The second-order valence-electron chi connectivity index (χ2n) is 7.35. The molecule has 0 unspecified atom stereocenters. The van der Waals surface area contributed by atoms with Gasteiger partial charge >= 0.3 is 0 Å². The van der Waals surface area contributed by atoms with Crippen LogP contribution in [0.3, 0.4) is 0 Å². The van der Waals surface area contributed by atoms with Crippen molar-refractivity contribution in [1.82, 2.24) is 9.88 Å². The fraction of sp³-hybridized carbons (Fsp3) is 0.259. The van der Waals surface area contributed by atoms with Crippen LogP contribution in [0.25, 0.3) is 5.57 Å². The van der Waals surface area contributed by atoms with Crippen molar-refractivity contribution in [3.63, 3.8) is 0 Å². The van der Waals surface area contributed by atoms with Gasteiger partial charge in [0.25, 0.3) is 0 Å². The number of aldehydes is 1. The van der Waals surface area contributed by atoms with Crippen molar-refractivity contribution in [2.45, 2.75) is 33.6 Å². The van der Waals surface area contributed by atoms with Gasteiger partial charge in [0.05, 0.1) is 17.5 Å². The average molecular weight is 479 g/mol. The minimum Gasteiger partial charge on any atom is -0.485 e. The molecule has 1 aromatic heterocycles. The van der Waals surface area contributed by atoms with Crippen LogP contribution in [-0.4, -0.2) is 36.0 Å². The van der Waals surface area contributed by atoms with Gasteiger partial charge in [-0.2, -0.15) is 5.26 Å². The molecule has 0 atom stereocenters. The Hall–Kier alpha value is -4.12. The second kappa shape index (κ2) is 13.6. The molecule has 0 saturated heterocycles. The number of nitrogens with zero attached hydrogens (tertiary/aromatic N) is 4. The summed E-state index contributed by atoms with van der Waals surface area (Å²) in [7, 11) is 1.79. The molecule has 0 bridgehead atoms. The first-order chi connectivity index (χ1) is 16.9. The van der Waals surface area contributed by atoms with Crippen LogP contribution < -0.4 is 4.74 Å². The van der Waals surface area contributed by atoms with E-state index in [1.165, 1.54) is 12.1 Å². The Morgan fingerprint density at radius 2 is 2.14 bits per heavy atom. The van der Waals surface area contributed by atoms with Gasteiger partial charge in [0.15, 0.2) is 0 Å². The predicted molar refractivity (Wildman–Crippen MR) is 133 cm³/mol. The van der Waals surface area contributed by atoms with Crippen molar-refractivity contribution in [1.29, 1.82) is 5.26 Å². The molecule has 0 radical (unpaired) electrons. The quantitative estimate of drug-likeness (QED) is 0.136. The summed E-state index contributed by atoms with van der Waals surface area (Å²) in [5.74, 6) is -1.02. The number of allylic oxidation sites excluding steroid dienone is 9. The molecule has 1 aromatic rings. The molecule has 0 aliphatic carbocycles. The van der Waals surface area contributed by atoms with Crippen LogP contribution >= 0.6 is 0 Å². The van der Waals surface area contributed by atoms with Crippen molar-refractivity contribution in [3.8, 4) is 11.8 Å². The molecule has 0 aromatic carbocycles. The Morgan fingerprint density at radius 1 is 1.37 bits per heavy atom. The van der Waals surface area contributed by atoms with Crippen molar-refractivity contribution < 1.29 is 18.3 Å². The highest BCUT2D eigenvalue weighted by Crippen LogP contribution is 2.36. The Labute approximate surface area is 204 Å². The standard InChI is InChI=1S/C27H28F2N4O2/c1-5-10-24(29)23(15-30)21(6-2)19(17-34)13-22-25(33(4)12-9-8-11-31-7-3)18-35-26-14-20(28)16-32-27(22)26/h7-14,16-17H,5-6,18H2,1-4H3/b11-8-,12-9+,19-13+,23-21+,24-10+,31-7?. The van der Waals surface area contributed by atoms with Crippen LogP contribution in [0.1, 0.15) is 39.3 Å². The summed E-state index contributed by atoms with van der Waals surface area (Å²) >= 11 is 0. The fourth-order valence-electron chi connectivity index (χ4n) is 3.41. The van der Waals surface area contributed by atoms with Crippen LogP contribution in [0.5, 0.6) is 5.75 Å². The summed E-state index contributed by atoms with van der Waals surface area (Å²) in [5.41, 5.74) is 1.67. The third-order valence-corrected chi connectivity index (χ3v) is 5.08. The van der Waals surface area contributed by atoms with Gasteiger partial charge in [-0.05, 0) is 49.6 Å². The lowest BCUT2D eigenvalue weighted by atomic mass is 9.94. The maximum absolute atomic E-state index is 14.6. The zero-order valence-electron chi connectivity index (χ0n) is 20.3. The monoisotopic (exact) mass is 478 g/mol. The molecule has 35 heavy (non-hydrogen) atoms. The van der Waals surface area contributed by atoms with Gasteiger partial charge < -0.3 is 9.64 Å². The Balaban J connectivity index is 2.75. The number of halogens is 2. The number of ether oxygens (including phenoxy) is 1. The molecule has 0 N–H and O–H groups in total. The first-order valence-corrected chi connectivity index (χ1v) is 11.1.